The molecule has 2 atom stereocenters. The molecule has 2 aromatic rings. The van der Waals surface area contributed by atoms with Gasteiger partial charge in [-0.05, 0) is 74.6 Å². The van der Waals surface area contributed by atoms with E-state index in [1.165, 1.54) is 12.1 Å². The third-order valence-corrected chi connectivity index (χ3v) is 6.48. The zero-order valence-corrected chi connectivity index (χ0v) is 19.8. The van der Waals surface area contributed by atoms with E-state index >= 15 is 0 Å². The van der Waals surface area contributed by atoms with E-state index in [4.69, 9.17) is 4.74 Å². The average molecular weight is 471 g/mol. The second-order valence-corrected chi connectivity index (χ2v) is 8.46. The van der Waals surface area contributed by atoms with E-state index in [9.17, 15) is 9.50 Å². The van der Waals surface area contributed by atoms with E-state index in [0.717, 1.165) is 67.7 Å². The molecule has 2 aromatic carbocycles. The number of aryl methyl sites for hydroxylation is 1. The maximum absolute atomic E-state index is 13.1. The molecule has 0 bridgehead atoms. The summed E-state index contributed by atoms with van der Waals surface area (Å²) in [5.74, 6) is 0.745. The normalized spacial score (nSPS) is 21.6. The number of nitrogens with one attached hydrogen (secondary N) is 1. The predicted octanol–water partition coefficient (Wildman–Crippen LogP) is 4.80. The fraction of sp³-hybridized carbons (Fsp3) is 0.500. The zero-order chi connectivity index (χ0) is 20.4. The molecule has 4 rings (SSSR count). The number of benzene rings is 2. The van der Waals surface area contributed by atoms with Crippen LogP contribution in [0.15, 0.2) is 36.4 Å². The van der Waals surface area contributed by atoms with Gasteiger partial charge in [-0.3, -0.25) is 4.90 Å². The van der Waals surface area contributed by atoms with E-state index in [2.05, 4.69) is 16.3 Å². The Balaban J connectivity index is 0.00000171. The Labute approximate surface area is 197 Å². The summed E-state index contributed by atoms with van der Waals surface area (Å²) in [7, 11) is 1.94. The highest BCUT2D eigenvalue weighted by Gasteiger charge is 2.35. The van der Waals surface area contributed by atoms with Crippen molar-refractivity contribution in [2.75, 3.05) is 26.7 Å². The van der Waals surface area contributed by atoms with Crippen LogP contribution in [-0.2, 0) is 17.7 Å². The van der Waals surface area contributed by atoms with Crippen molar-refractivity contribution in [3.05, 3.63) is 64.5 Å². The van der Waals surface area contributed by atoms with Crippen molar-refractivity contribution in [1.82, 2.24) is 10.2 Å². The molecule has 2 aliphatic heterocycles. The molecule has 172 valence electrons. The maximum Gasteiger partial charge on any atom is 0.123 e. The first-order valence-corrected chi connectivity index (χ1v) is 10.6. The number of likely N-dealkylation sites (N-methyl/N-ethyl adjacent to an activating group) is 1. The minimum Gasteiger partial charge on any atom is -0.507 e. The van der Waals surface area contributed by atoms with Gasteiger partial charge in [-0.2, -0.15) is 0 Å². The lowest BCUT2D eigenvalue weighted by atomic mass is 9.83. The largest absolute Gasteiger partial charge is 0.507 e. The fourth-order valence-corrected chi connectivity index (χ4v) is 4.77. The van der Waals surface area contributed by atoms with Crippen LogP contribution in [0.1, 0.15) is 41.2 Å². The molecule has 0 radical (unpaired) electrons. The number of likely N-dealkylation sites (tertiary alicyclic amines) is 1. The number of hydrogen-bond acceptors (Lipinski definition) is 4. The Morgan fingerprint density at radius 2 is 1.77 bits per heavy atom. The molecule has 0 aromatic heterocycles. The Morgan fingerprint density at radius 3 is 2.42 bits per heavy atom. The highest BCUT2D eigenvalue weighted by atomic mass is 35.5. The van der Waals surface area contributed by atoms with Crippen molar-refractivity contribution in [1.29, 1.82) is 0 Å². The van der Waals surface area contributed by atoms with Gasteiger partial charge in [-0.15, -0.1) is 24.8 Å². The minimum absolute atomic E-state index is 0. The van der Waals surface area contributed by atoms with Crippen LogP contribution in [0.3, 0.4) is 0 Å². The number of piperidine rings is 1. The third kappa shape index (κ3) is 5.91. The molecular weight excluding hydrogens is 438 g/mol. The molecule has 2 N–H and O–H groups in total. The van der Waals surface area contributed by atoms with Crippen molar-refractivity contribution in [2.45, 2.75) is 44.9 Å². The summed E-state index contributed by atoms with van der Waals surface area (Å²) in [6, 6.07) is 10.9. The van der Waals surface area contributed by atoms with Crippen molar-refractivity contribution >= 4 is 24.8 Å². The van der Waals surface area contributed by atoms with Gasteiger partial charge in [-0.25, -0.2) is 4.39 Å². The van der Waals surface area contributed by atoms with Crippen molar-refractivity contribution < 1.29 is 14.2 Å². The topological polar surface area (TPSA) is 44.7 Å². The maximum atomic E-state index is 13.1. The number of phenols is 1. The van der Waals surface area contributed by atoms with E-state index in [-0.39, 0.29) is 42.8 Å². The number of halogens is 3. The number of nitrogens with zero attached hydrogens (tertiary/aromatic N) is 1. The lowest BCUT2D eigenvalue weighted by molar-refractivity contribution is -0.0674. The van der Waals surface area contributed by atoms with Crippen LogP contribution in [0.5, 0.6) is 5.75 Å². The molecule has 0 amide bonds. The van der Waals surface area contributed by atoms with E-state index < -0.39 is 0 Å². The van der Waals surface area contributed by atoms with Gasteiger partial charge in [0.15, 0.2) is 0 Å². The predicted molar refractivity (Wildman–Crippen MR) is 127 cm³/mol. The summed E-state index contributed by atoms with van der Waals surface area (Å²) in [5.41, 5.74) is 4.27. The third-order valence-electron chi connectivity index (χ3n) is 6.48. The Hall–Kier alpha value is -1.37. The molecule has 7 heteroatoms. The van der Waals surface area contributed by atoms with Crippen LogP contribution in [0.2, 0.25) is 0 Å². The lowest BCUT2D eigenvalue weighted by Gasteiger charge is -2.40. The molecule has 4 nitrogen and oxygen atoms in total. The van der Waals surface area contributed by atoms with Crippen LogP contribution in [0, 0.1) is 18.7 Å². The average Bonchev–Trinajstić information content (AvgIpc) is 2.73. The van der Waals surface area contributed by atoms with Gasteiger partial charge in [-0.1, -0.05) is 24.3 Å². The first kappa shape index (κ1) is 25.9. The second-order valence-electron chi connectivity index (χ2n) is 8.46. The van der Waals surface area contributed by atoms with Gasteiger partial charge < -0.3 is 15.2 Å². The quantitative estimate of drug-likeness (QED) is 0.658. The molecule has 1 fully saturated rings. The van der Waals surface area contributed by atoms with Crippen LogP contribution in [0.4, 0.5) is 4.39 Å². The fourth-order valence-electron chi connectivity index (χ4n) is 4.77. The molecule has 2 aliphatic rings. The molecular formula is C24H33Cl2FN2O2. The molecule has 1 saturated heterocycles. The monoisotopic (exact) mass is 470 g/mol. The highest BCUT2D eigenvalue weighted by molar-refractivity contribution is 5.85. The summed E-state index contributed by atoms with van der Waals surface area (Å²) in [6.45, 7) is 5.61. The first-order valence-electron chi connectivity index (χ1n) is 10.6. The molecule has 31 heavy (non-hydrogen) atoms. The van der Waals surface area contributed by atoms with Crippen LogP contribution in [0.25, 0.3) is 0 Å². The zero-order valence-electron chi connectivity index (χ0n) is 18.1. The van der Waals surface area contributed by atoms with Gasteiger partial charge in [0.05, 0.1) is 12.2 Å². The molecule has 0 aliphatic carbocycles. The molecule has 0 spiro atoms. The van der Waals surface area contributed by atoms with Gasteiger partial charge in [0.25, 0.3) is 0 Å². The first-order chi connectivity index (χ1) is 14.0. The standard InChI is InChI=1S/C24H31FN2O2.2ClH/c1-16-3-8-20-21(24(16)28)13-22(29-23(20)14-26-2)18-9-11-27(12-10-18)15-17-4-6-19(25)7-5-17;;/h3-8,18,22-23,26,28H,9-15H2,1-2H3;2*1H/t22-,23-;;/m0../s1. The SMILES string of the molecule is CNC[C@@H]1O[C@H](C2CCN(Cc3ccc(F)cc3)CC2)Cc2c1ccc(C)c2O.Cl.Cl. The van der Waals surface area contributed by atoms with Crippen molar-refractivity contribution in [2.24, 2.45) is 5.92 Å². The van der Waals surface area contributed by atoms with Gasteiger partial charge in [0.1, 0.15) is 11.6 Å². The summed E-state index contributed by atoms with van der Waals surface area (Å²) in [6.07, 6.45) is 3.07. The summed E-state index contributed by atoms with van der Waals surface area (Å²) in [4.78, 5) is 2.44. The van der Waals surface area contributed by atoms with E-state index in [1.54, 1.807) is 0 Å². The van der Waals surface area contributed by atoms with Crippen LogP contribution < -0.4 is 5.32 Å². The number of rotatable bonds is 5. The van der Waals surface area contributed by atoms with Gasteiger partial charge >= 0.3 is 0 Å². The van der Waals surface area contributed by atoms with Gasteiger partial charge in [0, 0.05) is 25.1 Å². The van der Waals surface area contributed by atoms with Crippen LogP contribution >= 0.6 is 24.8 Å². The lowest BCUT2D eigenvalue weighted by Crippen LogP contribution is -2.42. The van der Waals surface area contributed by atoms with Gasteiger partial charge in [0.2, 0.25) is 0 Å². The second kappa shape index (κ2) is 11.5. The molecule has 0 unspecified atom stereocenters. The smallest absolute Gasteiger partial charge is 0.123 e. The molecule has 0 saturated carbocycles. The minimum atomic E-state index is -0.184. The highest BCUT2D eigenvalue weighted by Crippen LogP contribution is 2.40. The number of ether oxygens (including phenoxy) is 1. The van der Waals surface area contributed by atoms with Crippen LogP contribution in [-0.4, -0.2) is 42.8 Å². The summed E-state index contributed by atoms with van der Waals surface area (Å²) >= 11 is 0. The number of hydrogen-bond donors (Lipinski definition) is 2. The number of aromatic hydroxyl groups is 1. The summed E-state index contributed by atoms with van der Waals surface area (Å²) < 4.78 is 19.6. The Morgan fingerprint density at radius 1 is 1.10 bits per heavy atom. The Kier molecular flexibility index (Phi) is 9.59. The number of fused-ring (bicyclic) bond motifs is 1. The van der Waals surface area contributed by atoms with E-state index in [0.29, 0.717) is 11.7 Å². The Bertz CT molecular complexity index is 842. The summed E-state index contributed by atoms with van der Waals surface area (Å²) in [5, 5.41) is 13.9. The van der Waals surface area contributed by atoms with Crippen molar-refractivity contribution in [3.8, 4) is 5.75 Å². The van der Waals surface area contributed by atoms with Crippen molar-refractivity contribution in [3.63, 3.8) is 0 Å². The molecule has 2 heterocycles. The van der Waals surface area contributed by atoms with E-state index in [1.807, 2.05) is 32.2 Å². The number of phenolic OH excluding ortho intramolecular Hbond substituents is 1.